The van der Waals surface area contributed by atoms with Crippen molar-refractivity contribution in [1.29, 1.82) is 0 Å². The number of hydrogen-bond donors (Lipinski definition) is 0. The summed E-state index contributed by atoms with van der Waals surface area (Å²) >= 11 is 1.80. The fraction of sp³-hybridized carbons (Fsp3) is 0. The summed E-state index contributed by atoms with van der Waals surface area (Å²) in [6.07, 6.45) is 0. The molecule has 0 saturated carbocycles. The largest absolute Gasteiger partial charge is 0.454 e. The smallest absolute Gasteiger partial charge is 0.154 e. The first-order chi connectivity index (χ1) is 23.8. The molecular weight excluding hydrogens is 605 g/mol. The van der Waals surface area contributed by atoms with Gasteiger partial charge in [-0.3, -0.25) is 0 Å². The van der Waals surface area contributed by atoms with Crippen molar-refractivity contribution < 1.29 is 4.42 Å². The third kappa shape index (κ3) is 4.13. The minimum absolute atomic E-state index is 0.936. The number of hydrogen-bond acceptors (Lipinski definition) is 3. The number of rotatable bonds is 5. The Morgan fingerprint density at radius 3 is 2.04 bits per heavy atom. The lowest BCUT2D eigenvalue weighted by atomic mass is 10.0. The van der Waals surface area contributed by atoms with E-state index in [1.165, 1.54) is 47.7 Å². The second-order valence-corrected chi connectivity index (χ2v) is 13.2. The van der Waals surface area contributed by atoms with Gasteiger partial charge in [0.25, 0.3) is 0 Å². The molecule has 0 aliphatic carbocycles. The number of aromatic nitrogens is 1. The predicted octanol–water partition coefficient (Wildman–Crippen LogP) is 13.0. The first kappa shape index (κ1) is 27.1. The van der Waals surface area contributed by atoms with Crippen molar-refractivity contribution in [3.8, 4) is 16.8 Å². The van der Waals surface area contributed by atoms with E-state index < -0.39 is 0 Å². The van der Waals surface area contributed by atoms with Crippen LogP contribution in [0, 0.1) is 0 Å². The number of nitrogens with zero attached hydrogens (tertiary/aromatic N) is 2. The van der Waals surface area contributed by atoms with Gasteiger partial charge in [0, 0.05) is 48.9 Å². The van der Waals surface area contributed by atoms with Gasteiger partial charge in [-0.2, -0.15) is 0 Å². The Morgan fingerprint density at radius 2 is 1.17 bits per heavy atom. The van der Waals surface area contributed by atoms with Gasteiger partial charge < -0.3 is 13.9 Å². The van der Waals surface area contributed by atoms with Gasteiger partial charge >= 0.3 is 0 Å². The highest BCUT2D eigenvalue weighted by Gasteiger charge is 2.21. The van der Waals surface area contributed by atoms with Crippen molar-refractivity contribution in [2.24, 2.45) is 0 Å². The van der Waals surface area contributed by atoms with E-state index in [4.69, 9.17) is 4.42 Å². The van der Waals surface area contributed by atoms with E-state index in [2.05, 4.69) is 173 Å². The maximum absolute atomic E-state index is 6.37. The molecule has 48 heavy (non-hydrogen) atoms. The first-order valence-electron chi connectivity index (χ1n) is 16.2. The molecule has 3 nitrogen and oxygen atoms in total. The molecule has 0 bridgehead atoms. The Morgan fingerprint density at radius 1 is 0.500 bits per heavy atom. The molecule has 0 radical (unpaired) electrons. The molecule has 0 fully saturated rings. The van der Waals surface area contributed by atoms with Crippen LogP contribution in [0.4, 0.5) is 17.1 Å². The van der Waals surface area contributed by atoms with Gasteiger partial charge in [0.2, 0.25) is 0 Å². The number of furan rings is 1. The van der Waals surface area contributed by atoms with Crippen molar-refractivity contribution in [2.45, 2.75) is 0 Å². The van der Waals surface area contributed by atoms with Crippen LogP contribution >= 0.6 is 11.3 Å². The summed E-state index contributed by atoms with van der Waals surface area (Å²) in [5, 5.41) is 4.76. The van der Waals surface area contributed by atoms with Crippen molar-refractivity contribution in [1.82, 2.24) is 4.57 Å². The van der Waals surface area contributed by atoms with Gasteiger partial charge in [-0.25, -0.2) is 0 Å². The Labute approximate surface area is 281 Å². The highest BCUT2D eigenvalue weighted by molar-refractivity contribution is 7.26. The fourth-order valence-electron chi connectivity index (χ4n) is 7.25. The molecule has 3 aromatic heterocycles. The Hall–Kier alpha value is -6.10. The van der Waals surface area contributed by atoms with Gasteiger partial charge in [0.15, 0.2) is 5.58 Å². The lowest BCUT2D eigenvalue weighted by Crippen LogP contribution is -2.11. The zero-order valence-electron chi connectivity index (χ0n) is 25.9. The highest BCUT2D eigenvalue weighted by Crippen LogP contribution is 2.46. The van der Waals surface area contributed by atoms with Crippen LogP contribution < -0.4 is 4.90 Å². The van der Waals surface area contributed by atoms with Crippen LogP contribution in [-0.2, 0) is 0 Å². The van der Waals surface area contributed by atoms with Crippen LogP contribution in [0.5, 0.6) is 0 Å². The summed E-state index contributed by atoms with van der Waals surface area (Å²) in [6, 6.07) is 60.7. The van der Waals surface area contributed by atoms with Crippen molar-refractivity contribution >= 4 is 81.5 Å². The van der Waals surface area contributed by atoms with E-state index in [1.807, 2.05) is 6.07 Å². The molecule has 0 saturated heterocycles. The minimum Gasteiger partial charge on any atom is -0.454 e. The standard InChI is InChI=1S/C44H28N2OS/c1-3-13-29(14-4-1)33-17-7-10-20-38(33)45(32-23-25-36-42(28-32)48-44-35-19-9-12-22-41(35)47-43(36)44)31-24-26-40-37(27-31)34-18-8-11-21-39(34)46(40)30-15-5-2-6-16-30/h1-28H. The zero-order chi connectivity index (χ0) is 31.6. The second-order valence-electron chi connectivity index (χ2n) is 12.1. The number of benzene rings is 7. The normalized spacial score (nSPS) is 11.8. The molecule has 226 valence electrons. The molecule has 0 N–H and O–H groups in total. The molecule has 10 rings (SSSR count). The van der Waals surface area contributed by atoms with E-state index in [0.717, 1.165) is 39.3 Å². The lowest BCUT2D eigenvalue weighted by molar-refractivity contribution is 0.673. The topological polar surface area (TPSA) is 21.3 Å². The fourth-order valence-corrected chi connectivity index (χ4v) is 8.44. The summed E-state index contributed by atoms with van der Waals surface area (Å²) in [6.45, 7) is 0. The Bertz CT molecular complexity index is 2790. The van der Waals surface area contributed by atoms with Crippen molar-refractivity contribution in [3.63, 3.8) is 0 Å². The van der Waals surface area contributed by atoms with Crippen LogP contribution in [0.25, 0.3) is 70.0 Å². The lowest BCUT2D eigenvalue weighted by Gasteiger charge is -2.28. The molecule has 0 unspecified atom stereocenters. The summed E-state index contributed by atoms with van der Waals surface area (Å²) in [7, 11) is 0. The molecule has 3 heterocycles. The van der Waals surface area contributed by atoms with Crippen LogP contribution in [-0.4, -0.2) is 4.57 Å². The molecule has 0 amide bonds. The third-order valence-corrected chi connectivity index (χ3v) is 10.6. The predicted molar refractivity (Wildman–Crippen MR) is 204 cm³/mol. The maximum Gasteiger partial charge on any atom is 0.154 e. The number of fused-ring (bicyclic) bond motifs is 8. The van der Waals surface area contributed by atoms with Crippen LogP contribution in [0.1, 0.15) is 0 Å². The average molecular weight is 633 g/mol. The third-order valence-electron chi connectivity index (χ3n) is 9.39. The maximum atomic E-state index is 6.37. The van der Waals surface area contributed by atoms with E-state index in [-0.39, 0.29) is 0 Å². The van der Waals surface area contributed by atoms with Crippen molar-refractivity contribution in [3.05, 3.63) is 170 Å². The van der Waals surface area contributed by atoms with E-state index in [0.29, 0.717) is 0 Å². The van der Waals surface area contributed by atoms with Crippen LogP contribution in [0.2, 0.25) is 0 Å². The molecule has 0 aliphatic heterocycles. The van der Waals surface area contributed by atoms with Crippen LogP contribution in [0.3, 0.4) is 0 Å². The SMILES string of the molecule is c1ccc(-c2ccccc2N(c2ccc3c(c2)sc2c4ccccc4oc32)c2ccc3c(c2)c2ccccc2n3-c2ccccc2)cc1. The summed E-state index contributed by atoms with van der Waals surface area (Å²) in [5.74, 6) is 0. The number of para-hydroxylation sites is 4. The van der Waals surface area contributed by atoms with E-state index in [9.17, 15) is 0 Å². The number of anilines is 3. The van der Waals surface area contributed by atoms with Gasteiger partial charge in [0.05, 0.1) is 21.4 Å². The monoisotopic (exact) mass is 632 g/mol. The van der Waals surface area contributed by atoms with E-state index in [1.54, 1.807) is 11.3 Å². The second kappa shape index (κ2) is 10.7. The highest BCUT2D eigenvalue weighted by atomic mass is 32.1. The van der Waals surface area contributed by atoms with Gasteiger partial charge in [0.1, 0.15) is 5.58 Å². The van der Waals surface area contributed by atoms with Gasteiger partial charge in [-0.05, 0) is 78.4 Å². The molecule has 7 aromatic carbocycles. The molecular formula is C44H28N2OS. The van der Waals surface area contributed by atoms with E-state index >= 15 is 0 Å². The quantitative estimate of drug-likeness (QED) is 0.188. The first-order valence-corrected chi connectivity index (χ1v) is 17.0. The van der Waals surface area contributed by atoms with Crippen LogP contribution in [0.15, 0.2) is 174 Å². The Kier molecular flexibility index (Phi) is 6.05. The Balaban J connectivity index is 1.23. The summed E-state index contributed by atoms with van der Waals surface area (Å²) in [5.41, 5.74) is 11.1. The molecule has 10 aromatic rings. The molecule has 0 atom stereocenters. The summed E-state index contributed by atoms with van der Waals surface area (Å²) in [4.78, 5) is 2.41. The van der Waals surface area contributed by atoms with Crippen molar-refractivity contribution in [2.75, 3.05) is 4.90 Å². The summed E-state index contributed by atoms with van der Waals surface area (Å²) < 4.78 is 11.1. The molecule has 0 aliphatic rings. The molecule has 4 heteroatoms. The molecule has 0 spiro atoms. The van der Waals surface area contributed by atoms with Gasteiger partial charge in [-0.15, -0.1) is 11.3 Å². The van der Waals surface area contributed by atoms with Gasteiger partial charge in [-0.1, -0.05) is 97.1 Å². The zero-order valence-corrected chi connectivity index (χ0v) is 26.7. The average Bonchev–Trinajstić information content (AvgIpc) is 3.80. The number of thiophene rings is 1. The minimum atomic E-state index is 0.936.